The van der Waals surface area contributed by atoms with E-state index in [0.29, 0.717) is 18.6 Å². The summed E-state index contributed by atoms with van der Waals surface area (Å²) in [7, 11) is 0. The van der Waals surface area contributed by atoms with Crippen LogP contribution in [0.1, 0.15) is 43.0 Å². The molecule has 3 rings (SSSR count). The number of hydrogen-bond acceptors (Lipinski definition) is 6. The van der Waals surface area contributed by atoms with Crippen LogP contribution in [-0.4, -0.2) is 45.9 Å². The lowest BCUT2D eigenvalue weighted by Gasteiger charge is -2.25. The minimum Gasteiger partial charge on any atom is -0.507 e. The lowest BCUT2D eigenvalue weighted by molar-refractivity contribution is -0.384. The highest BCUT2D eigenvalue weighted by atomic mass is 16.6. The summed E-state index contributed by atoms with van der Waals surface area (Å²) in [5.74, 6) is -1.83. The van der Waals surface area contributed by atoms with Gasteiger partial charge in [0.2, 0.25) is 0 Å². The minimum atomic E-state index is -0.780. The Hall–Kier alpha value is -3.52. The Morgan fingerprint density at radius 2 is 1.88 bits per heavy atom. The standard InChI is InChI=1S/C24H26N2O6/c1-15(2)32-13-5-12-25-21(18-7-4-6-16(3)14-18)20(23(28)24(25)29)22(27)17-8-10-19(11-9-17)26(30)31/h4,6-11,14-15,21,27H,5,12-13H2,1-3H3/b22-20-. The number of aryl methyl sites for hydroxylation is 1. The molecule has 0 aliphatic carbocycles. The molecule has 0 saturated carbocycles. The monoisotopic (exact) mass is 438 g/mol. The van der Waals surface area contributed by atoms with Crippen molar-refractivity contribution in [2.45, 2.75) is 39.3 Å². The fourth-order valence-corrected chi connectivity index (χ4v) is 3.75. The first kappa shape index (κ1) is 23.1. The van der Waals surface area contributed by atoms with Crippen molar-refractivity contribution >= 4 is 23.1 Å². The van der Waals surface area contributed by atoms with Gasteiger partial charge in [0.25, 0.3) is 17.4 Å². The van der Waals surface area contributed by atoms with Crippen LogP contribution in [0.2, 0.25) is 0 Å². The molecule has 0 aromatic heterocycles. The number of benzene rings is 2. The summed E-state index contributed by atoms with van der Waals surface area (Å²) >= 11 is 0. The van der Waals surface area contributed by atoms with Crippen LogP contribution in [0.5, 0.6) is 0 Å². The molecular weight excluding hydrogens is 412 g/mol. The molecule has 1 heterocycles. The number of carbonyl (C=O) groups is 2. The highest BCUT2D eigenvalue weighted by Gasteiger charge is 2.45. The molecule has 1 atom stereocenters. The molecule has 1 N–H and O–H groups in total. The van der Waals surface area contributed by atoms with Gasteiger partial charge in [-0.1, -0.05) is 29.8 Å². The molecule has 0 radical (unpaired) electrons. The highest BCUT2D eigenvalue weighted by Crippen LogP contribution is 2.39. The van der Waals surface area contributed by atoms with Crippen molar-refractivity contribution < 1.29 is 24.4 Å². The zero-order chi connectivity index (χ0) is 23.4. The first-order valence-corrected chi connectivity index (χ1v) is 10.4. The van der Waals surface area contributed by atoms with Crippen molar-refractivity contribution in [2.24, 2.45) is 0 Å². The second kappa shape index (κ2) is 9.74. The van der Waals surface area contributed by atoms with Crippen LogP contribution < -0.4 is 0 Å². The Labute approximate surface area is 186 Å². The van der Waals surface area contributed by atoms with Gasteiger partial charge in [-0.25, -0.2) is 0 Å². The van der Waals surface area contributed by atoms with Gasteiger partial charge in [-0.05, 0) is 44.9 Å². The van der Waals surface area contributed by atoms with E-state index in [1.807, 2.05) is 45.0 Å². The van der Waals surface area contributed by atoms with Crippen LogP contribution in [-0.2, 0) is 14.3 Å². The van der Waals surface area contributed by atoms with Gasteiger partial charge < -0.3 is 14.7 Å². The number of ketones is 1. The number of nitro benzene ring substituents is 1. The van der Waals surface area contributed by atoms with Crippen LogP contribution in [0, 0.1) is 17.0 Å². The minimum absolute atomic E-state index is 0.0285. The SMILES string of the molecule is Cc1cccc(C2/C(=C(/O)c3ccc([N+](=O)[O-])cc3)C(=O)C(=O)N2CCCOC(C)C)c1. The zero-order valence-electron chi connectivity index (χ0n) is 18.3. The molecule has 1 amide bonds. The molecule has 2 aromatic carbocycles. The Kier molecular flexibility index (Phi) is 7.05. The number of rotatable bonds is 8. The van der Waals surface area contributed by atoms with Crippen LogP contribution in [0.15, 0.2) is 54.1 Å². The van der Waals surface area contributed by atoms with Gasteiger partial charge in [0.1, 0.15) is 5.76 Å². The maximum absolute atomic E-state index is 13.0. The number of aliphatic hydroxyl groups is 1. The molecule has 32 heavy (non-hydrogen) atoms. The van der Waals surface area contributed by atoms with E-state index in [-0.39, 0.29) is 35.2 Å². The third kappa shape index (κ3) is 4.86. The molecule has 8 heteroatoms. The quantitative estimate of drug-likeness (QED) is 0.166. The summed E-state index contributed by atoms with van der Waals surface area (Å²) in [4.78, 5) is 37.7. The van der Waals surface area contributed by atoms with Crippen molar-refractivity contribution in [3.63, 3.8) is 0 Å². The highest BCUT2D eigenvalue weighted by molar-refractivity contribution is 6.46. The number of amides is 1. The number of hydrogen-bond donors (Lipinski definition) is 1. The van der Waals surface area contributed by atoms with Crippen LogP contribution in [0.25, 0.3) is 5.76 Å². The third-order valence-electron chi connectivity index (χ3n) is 5.24. The second-order valence-electron chi connectivity index (χ2n) is 7.98. The summed E-state index contributed by atoms with van der Waals surface area (Å²) in [5.41, 5.74) is 1.72. The molecule has 1 aliphatic heterocycles. The molecule has 0 bridgehead atoms. The number of Topliss-reactive ketones (excluding diaryl/α,β-unsaturated/α-hetero) is 1. The Morgan fingerprint density at radius 3 is 2.47 bits per heavy atom. The van der Waals surface area contributed by atoms with Gasteiger partial charge >= 0.3 is 0 Å². The van der Waals surface area contributed by atoms with E-state index in [4.69, 9.17) is 4.74 Å². The summed E-state index contributed by atoms with van der Waals surface area (Å²) in [6.45, 7) is 6.46. The molecule has 1 aliphatic rings. The first-order chi connectivity index (χ1) is 15.2. The van der Waals surface area contributed by atoms with Gasteiger partial charge in [0.05, 0.1) is 22.6 Å². The average Bonchev–Trinajstić information content (AvgIpc) is 3.01. The molecule has 2 aromatic rings. The molecule has 1 saturated heterocycles. The smallest absolute Gasteiger partial charge is 0.295 e. The van der Waals surface area contributed by atoms with Crippen LogP contribution in [0.3, 0.4) is 0 Å². The number of nitrogens with zero attached hydrogens (tertiary/aromatic N) is 2. The van der Waals surface area contributed by atoms with Gasteiger partial charge in [-0.2, -0.15) is 0 Å². The second-order valence-corrected chi connectivity index (χ2v) is 7.98. The van der Waals surface area contributed by atoms with E-state index in [1.54, 1.807) is 0 Å². The summed E-state index contributed by atoms with van der Waals surface area (Å²) in [6.07, 6.45) is 0.588. The lowest BCUT2D eigenvalue weighted by atomic mass is 9.94. The maximum Gasteiger partial charge on any atom is 0.295 e. The van der Waals surface area contributed by atoms with E-state index in [2.05, 4.69) is 0 Å². The molecule has 1 fully saturated rings. The largest absolute Gasteiger partial charge is 0.507 e. The Balaban J connectivity index is 2.03. The van der Waals surface area contributed by atoms with E-state index < -0.39 is 22.7 Å². The van der Waals surface area contributed by atoms with Crippen molar-refractivity contribution in [3.8, 4) is 0 Å². The normalized spacial score (nSPS) is 17.9. The van der Waals surface area contributed by atoms with Crippen molar-refractivity contribution in [1.29, 1.82) is 0 Å². The number of carbonyl (C=O) groups excluding carboxylic acids is 2. The summed E-state index contributed by atoms with van der Waals surface area (Å²) in [6, 6.07) is 11.9. The number of nitro groups is 1. The number of non-ortho nitro benzene ring substituents is 1. The molecule has 0 spiro atoms. The van der Waals surface area contributed by atoms with Crippen molar-refractivity contribution in [3.05, 3.63) is 80.9 Å². The fourth-order valence-electron chi connectivity index (χ4n) is 3.75. The summed E-state index contributed by atoms with van der Waals surface area (Å²) < 4.78 is 5.56. The van der Waals surface area contributed by atoms with Crippen LogP contribution >= 0.6 is 0 Å². The molecule has 8 nitrogen and oxygen atoms in total. The number of aliphatic hydroxyl groups excluding tert-OH is 1. The summed E-state index contributed by atoms with van der Waals surface area (Å²) in [5, 5.41) is 21.9. The van der Waals surface area contributed by atoms with Gasteiger partial charge in [0, 0.05) is 30.8 Å². The van der Waals surface area contributed by atoms with E-state index in [0.717, 1.165) is 5.56 Å². The van der Waals surface area contributed by atoms with Gasteiger partial charge in [-0.15, -0.1) is 0 Å². The number of likely N-dealkylation sites (tertiary alicyclic amines) is 1. The fraction of sp³-hybridized carbons (Fsp3) is 0.333. The zero-order valence-corrected chi connectivity index (χ0v) is 18.3. The Bertz CT molecular complexity index is 1060. The van der Waals surface area contributed by atoms with E-state index in [9.17, 15) is 24.8 Å². The number of ether oxygens (including phenoxy) is 1. The van der Waals surface area contributed by atoms with Crippen molar-refractivity contribution in [2.75, 3.05) is 13.2 Å². The predicted octanol–water partition coefficient (Wildman–Crippen LogP) is 4.14. The third-order valence-corrected chi connectivity index (χ3v) is 5.24. The first-order valence-electron chi connectivity index (χ1n) is 10.4. The lowest BCUT2D eigenvalue weighted by Crippen LogP contribution is -2.31. The van der Waals surface area contributed by atoms with Gasteiger partial charge in [-0.3, -0.25) is 19.7 Å². The van der Waals surface area contributed by atoms with Gasteiger partial charge in [0.15, 0.2) is 0 Å². The molecule has 1 unspecified atom stereocenters. The predicted molar refractivity (Wildman–Crippen MR) is 119 cm³/mol. The van der Waals surface area contributed by atoms with E-state index in [1.165, 1.54) is 29.2 Å². The molecular formula is C24H26N2O6. The maximum atomic E-state index is 13.0. The topological polar surface area (TPSA) is 110 Å². The molecule has 168 valence electrons. The van der Waals surface area contributed by atoms with E-state index >= 15 is 0 Å². The van der Waals surface area contributed by atoms with Crippen LogP contribution in [0.4, 0.5) is 5.69 Å². The van der Waals surface area contributed by atoms with Crippen molar-refractivity contribution in [1.82, 2.24) is 4.90 Å². The average molecular weight is 438 g/mol. The Morgan fingerprint density at radius 1 is 1.19 bits per heavy atom.